The molecular formula is C14H16Br2N2O3. The van der Waals surface area contributed by atoms with Crippen molar-refractivity contribution in [3.8, 4) is 0 Å². The molecule has 1 heterocycles. The molecule has 2 rings (SSSR count). The molecule has 1 unspecified atom stereocenters. The van der Waals surface area contributed by atoms with E-state index < -0.39 is 12.0 Å². The third kappa shape index (κ3) is 3.84. The van der Waals surface area contributed by atoms with Crippen molar-refractivity contribution < 1.29 is 14.7 Å². The molecule has 114 valence electrons. The van der Waals surface area contributed by atoms with Crippen molar-refractivity contribution >= 4 is 43.7 Å². The van der Waals surface area contributed by atoms with Gasteiger partial charge in [0.2, 0.25) is 0 Å². The number of piperazine rings is 1. The smallest absolute Gasteiger partial charge is 0.320 e. The van der Waals surface area contributed by atoms with Gasteiger partial charge in [-0.2, -0.15) is 0 Å². The maximum Gasteiger partial charge on any atom is 0.320 e. The second-order valence-electron chi connectivity index (χ2n) is 4.97. The normalized spacial score (nSPS) is 17.6. The Balaban J connectivity index is 2.02. The van der Waals surface area contributed by atoms with E-state index in [2.05, 4.69) is 31.9 Å². The third-order valence-corrected chi connectivity index (χ3v) is 4.82. The van der Waals surface area contributed by atoms with Gasteiger partial charge in [0.05, 0.1) is 5.56 Å². The first-order valence-electron chi connectivity index (χ1n) is 6.61. The van der Waals surface area contributed by atoms with Gasteiger partial charge in [-0.3, -0.25) is 14.5 Å². The van der Waals surface area contributed by atoms with Gasteiger partial charge in [-0.05, 0) is 41.1 Å². The summed E-state index contributed by atoms with van der Waals surface area (Å²) >= 11 is 6.76. The van der Waals surface area contributed by atoms with Crippen molar-refractivity contribution in [3.05, 3.63) is 32.7 Å². The fourth-order valence-electron chi connectivity index (χ4n) is 2.30. The Kier molecular flexibility index (Phi) is 5.40. The van der Waals surface area contributed by atoms with Crippen LogP contribution in [0.2, 0.25) is 0 Å². The average Bonchev–Trinajstić information content (AvgIpc) is 2.46. The SMILES string of the molecule is CC(C(=O)O)N1CCN(C(=O)c2ccc(Br)cc2Br)CC1. The summed E-state index contributed by atoms with van der Waals surface area (Å²) in [6.45, 7) is 3.91. The van der Waals surface area contributed by atoms with Crippen LogP contribution in [-0.2, 0) is 4.79 Å². The highest BCUT2D eigenvalue weighted by atomic mass is 79.9. The van der Waals surface area contributed by atoms with E-state index in [9.17, 15) is 9.59 Å². The van der Waals surface area contributed by atoms with Crippen molar-refractivity contribution in [2.45, 2.75) is 13.0 Å². The number of carboxylic acids is 1. The van der Waals surface area contributed by atoms with Gasteiger partial charge in [0.1, 0.15) is 6.04 Å². The molecule has 1 aromatic rings. The van der Waals surface area contributed by atoms with E-state index in [1.807, 2.05) is 17.0 Å². The summed E-state index contributed by atoms with van der Waals surface area (Å²) in [5, 5.41) is 9.02. The van der Waals surface area contributed by atoms with E-state index in [-0.39, 0.29) is 5.91 Å². The van der Waals surface area contributed by atoms with Crippen LogP contribution in [0, 0.1) is 0 Å². The monoisotopic (exact) mass is 418 g/mol. The molecular weight excluding hydrogens is 404 g/mol. The summed E-state index contributed by atoms with van der Waals surface area (Å²) in [4.78, 5) is 27.1. The van der Waals surface area contributed by atoms with Crippen LogP contribution in [0.3, 0.4) is 0 Å². The molecule has 1 amide bonds. The Bertz CT molecular complexity index is 557. The van der Waals surface area contributed by atoms with Gasteiger partial charge >= 0.3 is 5.97 Å². The number of halogens is 2. The summed E-state index contributed by atoms with van der Waals surface area (Å²) in [7, 11) is 0. The van der Waals surface area contributed by atoms with Crippen LogP contribution >= 0.6 is 31.9 Å². The summed E-state index contributed by atoms with van der Waals surface area (Å²) < 4.78 is 1.66. The van der Waals surface area contributed by atoms with Crippen LogP contribution in [0.25, 0.3) is 0 Å². The Morgan fingerprint density at radius 2 is 1.81 bits per heavy atom. The number of rotatable bonds is 3. The Labute approximate surface area is 140 Å². The lowest BCUT2D eigenvalue weighted by molar-refractivity contribution is -0.143. The van der Waals surface area contributed by atoms with Gasteiger partial charge in [-0.25, -0.2) is 0 Å². The quantitative estimate of drug-likeness (QED) is 0.817. The molecule has 1 N–H and O–H groups in total. The van der Waals surface area contributed by atoms with Gasteiger partial charge in [-0.15, -0.1) is 0 Å². The van der Waals surface area contributed by atoms with Crippen molar-refractivity contribution in [1.29, 1.82) is 0 Å². The Morgan fingerprint density at radius 3 is 2.33 bits per heavy atom. The predicted molar refractivity (Wildman–Crippen MR) is 86.4 cm³/mol. The molecule has 0 saturated carbocycles. The molecule has 0 aliphatic carbocycles. The lowest BCUT2D eigenvalue weighted by Crippen LogP contribution is -2.53. The molecule has 0 radical (unpaired) electrons. The van der Waals surface area contributed by atoms with Crippen molar-refractivity contribution in [2.24, 2.45) is 0 Å². The van der Waals surface area contributed by atoms with E-state index in [4.69, 9.17) is 5.11 Å². The van der Waals surface area contributed by atoms with Crippen molar-refractivity contribution in [2.75, 3.05) is 26.2 Å². The average molecular weight is 420 g/mol. The van der Waals surface area contributed by atoms with Crippen LogP contribution in [0.5, 0.6) is 0 Å². The number of carbonyl (C=O) groups excluding carboxylic acids is 1. The summed E-state index contributed by atoms with van der Waals surface area (Å²) in [6.07, 6.45) is 0. The highest BCUT2D eigenvalue weighted by molar-refractivity contribution is 9.11. The van der Waals surface area contributed by atoms with Crippen LogP contribution in [0.1, 0.15) is 17.3 Å². The molecule has 1 saturated heterocycles. The first-order valence-corrected chi connectivity index (χ1v) is 8.20. The Hall–Kier alpha value is -0.920. The maximum absolute atomic E-state index is 12.5. The number of benzene rings is 1. The highest BCUT2D eigenvalue weighted by Gasteiger charge is 2.28. The molecule has 7 heteroatoms. The molecule has 21 heavy (non-hydrogen) atoms. The van der Waals surface area contributed by atoms with Gasteiger partial charge in [-0.1, -0.05) is 15.9 Å². The molecule has 1 aromatic carbocycles. The number of carbonyl (C=O) groups is 2. The number of aliphatic carboxylic acids is 1. The van der Waals surface area contributed by atoms with E-state index in [1.165, 1.54) is 0 Å². The van der Waals surface area contributed by atoms with Crippen molar-refractivity contribution in [3.63, 3.8) is 0 Å². The third-order valence-electron chi connectivity index (χ3n) is 3.67. The molecule has 0 aromatic heterocycles. The first-order chi connectivity index (χ1) is 9.90. The van der Waals surface area contributed by atoms with Gasteiger partial charge in [0.15, 0.2) is 0 Å². The minimum atomic E-state index is -0.828. The number of nitrogens with zero attached hydrogens (tertiary/aromatic N) is 2. The summed E-state index contributed by atoms with van der Waals surface area (Å²) in [5.74, 6) is -0.859. The summed E-state index contributed by atoms with van der Waals surface area (Å²) in [5.41, 5.74) is 0.623. The zero-order chi connectivity index (χ0) is 15.6. The second-order valence-corrected chi connectivity index (χ2v) is 6.74. The molecule has 5 nitrogen and oxygen atoms in total. The van der Waals surface area contributed by atoms with Crippen LogP contribution in [-0.4, -0.2) is 59.0 Å². The number of hydrogen-bond donors (Lipinski definition) is 1. The first kappa shape index (κ1) is 16.5. The fourth-order valence-corrected chi connectivity index (χ4v) is 3.52. The molecule has 0 spiro atoms. The standard InChI is InChI=1S/C14H16Br2N2O3/c1-9(14(20)21)17-4-6-18(7-5-17)13(19)11-3-2-10(15)8-12(11)16/h2-3,8-9H,4-7H2,1H3,(H,20,21). The van der Waals surface area contributed by atoms with Crippen molar-refractivity contribution in [1.82, 2.24) is 9.80 Å². The molecule has 0 bridgehead atoms. The molecule has 1 fully saturated rings. The number of hydrogen-bond acceptors (Lipinski definition) is 3. The van der Waals surface area contributed by atoms with Gasteiger partial charge < -0.3 is 10.0 Å². The predicted octanol–water partition coefficient (Wildman–Crippen LogP) is 2.44. The van der Waals surface area contributed by atoms with Gasteiger partial charge in [0, 0.05) is 35.1 Å². The van der Waals surface area contributed by atoms with Crippen LogP contribution in [0.15, 0.2) is 27.1 Å². The van der Waals surface area contributed by atoms with E-state index in [0.717, 1.165) is 8.95 Å². The van der Waals surface area contributed by atoms with Crippen LogP contribution in [0.4, 0.5) is 0 Å². The maximum atomic E-state index is 12.5. The number of amides is 1. The van der Waals surface area contributed by atoms with E-state index in [0.29, 0.717) is 31.7 Å². The minimum absolute atomic E-state index is 0.0306. The van der Waals surface area contributed by atoms with Gasteiger partial charge in [0.25, 0.3) is 5.91 Å². The number of carboxylic acid groups (broad SMARTS) is 1. The molecule has 1 aliphatic heterocycles. The van der Waals surface area contributed by atoms with E-state index >= 15 is 0 Å². The zero-order valence-electron chi connectivity index (χ0n) is 11.6. The highest BCUT2D eigenvalue weighted by Crippen LogP contribution is 2.23. The van der Waals surface area contributed by atoms with Crippen LogP contribution < -0.4 is 0 Å². The Morgan fingerprint density at radius 1 is 1.19 bits per heavy atom. The minimum Gasteiger partial charge on any atom is -0.480 e. The molecule has 1 aliphatic rings. The van der Waals surface area contributed by atoms with E-state index in [1.54, 1.807) is 17.9 Å². The largest absolute Gasteiger partial charge is 0.480 e. The fraction of sp³-hybridized carbons (Fsp3) is 0.429. The zero-order valence-corrected chi connectivity index (χ0v) is 14.7. The second kappa shape index (κ2) is 6.89. The lowest BCUT2D eigenvalue weighted by Gasteiger charge is -2.36. The molecule has 1 atom stereocenters. The lowest BCUT2D eigenvalue weighted by atomic mass is 10.1. The topological polar surface area (TPSA) is 60.9 Å². The summed E-state index contributed by atoms with van der Waals surface area (Å²) in [6, 6.07) is 4.95.